The molecule has 1 saturated heterocycles. The summed E-state index contributed by atoms with van der Waals surface area (Å²) in [4.78, 5) is 16.1. The number of likely N-dealkylation sites (tertiary alicyclic amines) is 1. The third-order valence-electron chi connectivity index (χ3n) is 5.65. The van der Waals surface area contributed by atoms with E-state index in [-0.39, 0.29) is 11.9 Å². The van der Waals surface area contributed by atoms with Crippen LogP contribution < -0.4 is 4.74 Å². The smallest absolute Gasteiger partial charge is 0.227 e. The average Bonchev–Trinajstić information content (AvgIpc) is 3.36. The number of hydrogen-bond acceptors (Lipinski definition) is 4. The molecule has 1 unspecified atom stereocenters. The van der Waals surface area contributed by atoms with Crippen molar-refractivity contribution in [1.29, 1.82) is 5.26 Å². The number of ether oxygens (including phenoxy) is 1. The van der Waals surface area contributed by atoms with E-state index in [1.54, 1.807) is 18.4 Å². The van der Waals surface area contributed by atoms with Crippen LogP contribution in [0.1, 0.15) is 35.3 Å². The monoisotopic (exact) mass is 404 g/mol. The maximum absolute atomic E-state index is 12.8. The van der Waals surface area contributed by atoms with Crippen molar-refractivity contribution in [2.45, 2.75) is 38.1 Å². The predicted octanol–water partition coefficient (Wildman–Crippen LogP) is 4.95. The summed E-state index contributed by atoms with van der Waals surface area (Å²) in [5, 5.41) is 10.2. The van der Waals surface area contributed by atoms with Gasteiger partial charge in [-0.05, 0) is 49.4 Å². The van der Waals surface area contributed by atoms with E-state index in [2.05, 4.69) is 11.0 Å². The zero-order valence-corrected chi connectivity index (χ0v) is 17.4. The molecule has 5 heteroatoms. The molecular weight excluding hydrogens is 380 g/mol. The van der Waals surface area contributed by atoms with Gasteiger partial charge in [-0.15, -0.1) is 11.3 Å². The van der Waals surface area contributed by atoms with Crippen LogP contribution in [0, 0.1) is 11.3 Å². The molecule has 2 heterocycles. The maximum Gasteiger partial charge on any atom is 0.227 e. The van der Waals surface area contributed by atoms with E-state index >= 15 is 0 Å². The van der Waals surface area contributed by atoms with Crippen molar-refractivity contribution in [2.75, 3.05) is 13.7 Å². The van der Waals surface area contributed by atoms with Crippen molar-refractivity contribution >= 4 is 27.3 Å². The van der Waals surface area contributed by atoms with Gasteiger partial charge in [0.05, 0.1) is 25.2 Å². The number of nitriles is 1. The Morgan fingerprint density at radius 3 is 2.86 bits per heavy atom. The Hall–Kier alpha value is -2.84. The van der Waals surface area contributed by atoms with Crippen molar-refractivity contribution in [3.63, 3.8) is 0 Å². The summed E-state index contributed by atoms with van der Waals surface area (Å²) in [6, 6.07) is 18.2. The fourth-order valence-electron chi connectivity index (χ4n) is 4.22. The lowest BCUT2D eigenvalue weighted by molar-refractivity contribution is -0.131. The maximum atomic E-state index is 12.8. The number of rotatable bonds is 6. The van der Waals surface area contributed by atoms with Gasteiger partial charge in [0.15, 0.2) is 0 Å². The number of amides is 1. The topological polar surface area (TPSA) is 53.3 Å². The molecule has 0 radical (unpaired) electrons. The second-order valence-electron chi connectivity index (χ2n) is 7.47. The van der Waals surface area contributed by atoms with Gasteiger partial charge in [0.1, 0.15) is 5.75 Å². The zero-order valence-electron chi connectivity index (χ0n) is 16.6. The quantitative estimate of drug-likeness (QED) is 0.584. The molecule has 29 heavy (non-hydrogen) atoms. The molecule has 3 aromatic rings. The number of thiophene rings is 1. The molecule has 148 valence electrons. The molecule has 1 fully saturated rings. The number of aryl methyl sites for hydroxylation is 1. The number of nitrogens with zero attached hydrogens (tertiary/aromatic N) is 2. The first-order chi connectivity index (χ1) is 14.2. The van der Waals surface area contributed by atoms with Gasteiger partial charge >= 0.3 is 0 Å². The number of benzene rings is 2. The van der Waals surface area contributed by atoms with E-state index < -0.39 is 0 Å². The summed E-state index contributed by atoms with van der Waals surface area (Å²) in [7, 11) is 1.70. The first-order valence-electron chi connectivity index (χ1n) is 10.0. The number of fused-ring (bicyclic) bond motifs is 1. The molecular formula is C24H24N2O2S. The van der Waals surface area contributed by atoms with Gasteiger partial charge in [-0.3, -0.25) is 4.79 Å². The Morgan fingerprint density at radius 2 is 2.10 bits per heavy atom. The van der Waals surface area contributed by atoms with Crippen LogP contribution in [0.2, 0.25) is 0 Å². The fraction of sp³-hybridized carbons (Fsp3) is 0.333. The second kappa shape index (κ2) is 8.67. The standard InChI is InChI=1S/C24H24N2O2S/c1-28-24-20-11-9-18(16-25)14-22(20)29-21(24)12-10-19-8-5-13-26(19)23(27)15-17-6-3-2-4-7-17/h2-4,6-7,9,11,14,19H,5,8,10,12-13,15H2,1H3. The molecule has 1 aliphatic heterocycles. The third kappa shape index (κ3) is 4.13. The highest BCUT2D eigenvalue weighted by Crippen LogP contribution is 2.39. The van der Waals surface area contributed by atoms with Crippen LogP contribution in [-0.4, -0.2) is 30.5 Å². The second-order valence-corrected chi connectivity index (χ2v) is 8.60. The average molecular weight is 405 g/mol. The lowest BCUT2D eigenvalue weighted by Gasteiger charge is -2.25. The van der Waals surface area contributed by atoms with Gasteiger partial charge in [0.25, 0.3) is 0 Å². The van der Waals surface area contributed by atoms with E-state index in [0.29, 0.717) is 12.0 Å². The molecule has 1 aliphatic rings. The Bertz CT molecular complexity index is 1050. The van der Waals surface area contributed by atoms with Crippen molar-refractivity contribution < 1.29 is 9.53 Å². The van der Waals surface area contributed by atoms with Gasteiger partial charge in [-0.2, -0.15) is 5.26 Å². The predicted molar refractivity (Wildman–Crippen MR) is 116 cm³/mol. The summed E-state index contributed by atoms with van der Waals surface area (Å²) < 4.78 is 6.77. The third-order valence-corrected chi connectivity index (χ3v) is 6.84. The molecule has 4 nitrogen and oxygen atoms in total. The molecule has 4 rings (SSSR count). The first kappa shape index (κ1) is 19.5. The van der Waals surface area contributed by atoms with Crippen LogP contribution in [0.25, 0.3) is 10.1 Å². The zero-order chi connectivity index (χ0) is 20.2. The molecule has 2 aromatic carbocycles. The highest BCUT2D eigenvalue weighted by atomic mass is 32.1. The molecule has 1 amide bonds. The fourth-order valence-corrected chi connectivity index (χ4v) is 5.44. The molecule has 1 aromatic heterocycles. The lowest BCUT2D eigenvalue weighted by atomic mass is 10.1. The molecule has 0 saturated carbocycles. The largest absolute Gasteiger partial charge is 0.495 e. The van der Waals surface area contributed by atoms with Crippen molar-refractivity contribution in [1.82, 2.24) is 4.90 Å². The van der Waals surface area contributed by atoms with Crippen LogP contribution in [0.4, 0.5) is 0 Å². The normalized spacial score (nSPS) is 16.1. The summed E-state index contributed by atoms with van der Waals surface area (Å²) in [6.07, 6.45) is 4.42. The van der Waals surface area contributed by atoms with Gasteiger partial charge in [0.2, 0.25) is 5.91 Å². The number of carbonyl (C=O) groups is 1. The Labute approximate surface area is 175 Å². The molecule has 1 atom stereocenters. The van der Waals surface area contributed by atoms with E-state index in [0.717, 1.165) is 53.6 Å². The van der Waals surface area contributed by atoms with E-state index in [4.69, 9.17) is 10.00 Å². The van der Waals surface area contributed by atoms with Crippen molar-refractivity contribution in [3.05, 3.63) is 64.5 Å². The highest BCUT2D eigenvalue weighted by molar-refractivity contribution is 7.19. The van der Waals surface area contributed by atoms with Gasteiger partial charge in [-0.1, -0.05) is 30.3 Å². The summed E-state index contributed by atoms with van der Waals surface area (Å²) in [6.45, 7) is 0.853. The SMILES string of the molecule is COc1c(CCC2CCCN2C(=O)Cc2ccccc2)sc2cc(C#N)ccc12. The molecule has 0 aliphatic carbocycles. The minimum atomic E-state index is 0.223. The first-order valence-corrected chi connectivity index (χ1v) is 10.8. The molecule has 0 N–H and O–H groups in total. The summed E-state index contributed by atoms with van der Waals surface area (Å²) in [5.74, 6) is 1.13. The Kier molecular flexibility index (Phi) is 5.82. The molecule has 0 bridgehead atoms. The van der Waals surface area contributed by atoms with Crippen LogP contribution in [0.15, 0.2) is 48.5 Å². The Morgan fingerprint density at radius 1 is 1.28 bits per heavy atom. The van der Waals surface area contributed by atoms with Gasteiger partial charge in [0, 0.05) is 27.5 Å². The van der Waals surface area contributed by atoms with Crippen LogP contribution in [0.3, 0.4) is 0 Å². The van der Waals surface area contributed by atoms with Gasteiger partial charge in [-0.25, -0.2) is 0 Å². The number of hydrogen-bond donors (Lipinski definition) is 0. The number of carbonyl (C=O) groups excluding carboxylic acids is 1. The van der Waals surface area contributed by atoms with E-state index in [1.165, 1.54) is 4.88 Å². The summed E-state index contributed by atoms with van der Waals surface area (Å²) >= 11 is 1.69. The number of methoxy groups -OCH3 is 1. The van der Waals surface area contributed by atoms with Crippen LogP contribution in [0.5, 0.6) is 5.75 Å². The van der Waals surface area contributed by atoms with Crippen LogP contribution >= 0.6 is 11.3 Å². The minimum absolute atomic E-state index is 0.223. The molecule has 0 spiro atoms. The Balaban J connectivity index is 1.46. The lowest BCUT2D eigenvalue weighted by Crippen LogP contribution is -2.36. The van der Waals surface area contributed by atoms with E-state index in [9.17, 15) is 4.79 Å². The van der Waals surface area contributed by atoms with Gasteiger partial charge < -0.3 is 9.64 Å². The van der Waals surface area contributed by atoms with Crippen molar-refractivity contribution in [3.8, 4) is 11.8 Å². The minimum Gasteiger partial charge on any atom is -0.495 e. The van der Waals surface area contributed by atoms with E-state index in [1.807, 2.05) is 48.5 Å². The van der Waals surface area contributed by atoms with Crippen LogP contribution in [-0.2, 0) is 17.6 Å². The highest BCUT2D eigenvalue weighted by Gasteiger charge is 2.29. The van der Waals surface area contributed by atoms with Crippen molar-refractivity contribution in [2.24, 2.45) is 0 Å². The summed E-state index contributed by atoms with van der Waals surface area (Å²) in [5.41, 5.74) is 1.74.